The summed E-state index contributed by atoms with van der Waals surface area (Å²) in [6, 6.07) is 14.5. The van der Waals surface area contributed by atoms with Crippen molar-refractivity contribution in [3.63, 3.8) is 0 Å². The maximum atomic E-state index is 13.1. The van der Waals surface area contributed by atoms with E-state index in [-0.39, 0.29) is 11.8 Å². The molecule has 0 radical (unpaired) electrons. The van der Waals surface area contributed by atoms with E-state index in [9.17, 15) is 9.59 Å². The third-order valence-electron chi connectivity index (χ3n) is 4.72. The molecule has 142 valence electrons. The second-order valence-corrected chi connectivity index (χ2v) is 6.97. The summed E-state index contributed by atoms with van der Waals surface area (Å²) in [5.41, 5.74) is 3.54. The van der Waals surface area contributed by atoms with E-state index < -0.39 is 0 Å². The topological polar surface area (TPSA) is 80.3 Å². The van der Waals surface area contributed by atoms with Crippen LogP contribution in [0.1, 0.15) is 41.7 Å². The molecule has 0 saturated heterocycles. The van der Waals surface area contributed by atoms with E-state index in [0.717, 1.165) is 29.4 Å². The van der Waals surface area contributed by atoms with Gasteiger partial charge >= 0.3 is 0 Å². The van der Waals surface area contributed by atoms with Crippen LogP contribution in [0.3, 0.4) is 0 Å². The molecule has 1 aliphatic rings. The normalized spacial score (nSPS) is 13.2. The number of anilines is 2. The summed E-state index contributed by atoms with van der Waals surface area (Å²) in [7, 11) is 1.60. The average molecular weight is 375 g/mol. The van der Waals surface area contributed by atoms with E-state index in [4.69, 9.17) is 9.72 Å². The van der Waals surface area contributed by atoms with Crippen molar-refractivity contribution < 1.29 is 14.3 Å². The maximum absolute atomic E-state index is 13.1. The van der Waals surface area contributed by atoms with Crippen molar-refractivity contribution >= 4 is 34.1 Å². The number of rotatable bonds is 5. The van der Waals surface area contributed by atoms with E-state index in [1.807, 2.05) is 24.3 Å². The number of carbonyl (C=O) groups is 2. The molecule has 6 nitrogen and oxygen atoms in total. The Morgan fingerprint density at radius 3 is 2.46 bits per heavy atom. The third-order valence-corrected chi connectivity index (χ3v) is 4.72. The van der Waals surface area contributed by atoms with Gasteiger partial charge in [-0.2, -0.15) is 0 Å². The lowest BCUT2D eigenvalue weighted by molar-refractivity contribution is -0.114. The van der Waals surface area contributed by atoms with Crippen LogP contribution in [0, 0.1) is 0 Å². The molecule has 6 heteroatoms. The molecule has 2 amide bonds. The van der Waals surface area contributed by atoms with E-state index >= 15 is 0 Å². The highest BCUT2D eigenvalue weighted by atomic mass is 16.5. The van der Waals surface area contributed by atoms with Gasteiger partial charge in [-0.1, -0.05) is 6.07 Å². The summed E-state index contributed by atoms with van der Waals surface area (Å²) in [5.74, 6) is 0.726. The molecule has 0 aliphatic heterocycles. The SMILES string of the molecule is COc1ccc2nc(C3CC3)cc(C(=O)Nc3cccc(NC(C)=O)c3)c2c1. The van der Waals surface area contributed by atoms with Crippen LogP contribution in [0.25, 0.3) is 10.9 Å². The highest BCUT2D eigenvalue weighted by Gasteiger charge is 2.27. The average Bonchev–Trinajstić information content (AvgIpc) is 3.51. The summed E-state index contributed by atoms with van der Waals surface area (Å²) < 4.78 is 5.32. The Kier molecular flexibility index (Phi) is 4.69. The maximum Gasteiger partial charge on any atom is 0.256 e. The van der Waals surface area contributed by atoms with Gasteiger partial charge in [0.05, 0.1) is 18.2 Å². The molecule has 4 rings (SSSR count). The highest BCUT2D eigenvalue weighted by Crippen LogP contribution is 2.40. The fraction of sp³-hybridized carbons (Fsp3) is 0.227. The Morgan fingerprint density at radius 1 is 1.04 bits per heavy atom. The highest BCUT2D eigenvalue weighted by molar-refractivity contribution is 6.12. The van der Waals surface area contributed by atoms with Crippen molar-refractivity contribution in [2.45, 2.75) is 25.7 Å². The van der Waals surface area contributed by atoms with Crippen LogP contribution in [0.15, 0.2) is 48.5 Å². The van der Waals surface area contributed by atoms with Gasteiger partial charge in [-0.25, -0.2) is 0 Å². The second kappa shape index (κ2) is 7.31. The number of nitrogens with zero attached hydrogens (tertiary/aromatic N) is 1. The Hall–Kier alpha value is -3.41. The number of aromatic nitrogens is 1. The molecule has 1 saturated carbocycles. The fourth-order valence-electron chi connectivity index (χ4n) is 3.20. The van der Waals surface area contributed by atoms with Crippen LogP contribution in [-0.4, -0.2) is 23.9 Å². The first-order chi connectivity index (χ1) is 13.5. The van der Waals surface area contributed by atoms with Crippen LogP contribution in [-0.2, 0) is 4.79 Å². The molecule has 2 N–H and O–H groups in total. The van der Waals surface area contributed by atoms with Gasteiger partial charge in [0.25, 0.3) is 5.91 Å². The van der Waals surface area contributed by atoms with Crippen molar-refractivity contribution in [2.75, 3.05) is 17.7 Å². The van der Waals surface area contributed by atoms with Crippen LogP contribution in [0.2, 0.25) is 0 Å². The predicted octanol–water partition coefficient (Wildman–Crippen LogP) is 4.33. The number of hydrogen-bond donors (Lipinski definition) is 2. The second-order valence-electron chi connectivity index (χ2n) is 6.97. The van der Waals surface area contributed by atoms with Gasteiger partial charge in [0.2, 0.25) is 5.91 Å². The number of hydrogen-bond acceptors (Lipinski definition) is 4. The van der Waals surface area contributed by atoms with Gasteiger partial charge < -0.3 is 15.4 Å². The fourth-order valence-corrected chi connectivity index (χ4v) is 3.20. The molecule has 0 spiro atoms. The molecule has 1 aromatic heterocycles. The lowest BCUT2D eigenvalue weighted by Gasteiger charge is -2.12. The molecule has 2 aromatic carbocycles. The first kappa shape index (κ1) is 18.0. The zero-order valence-electron chi connectivity index (χ0n) is 15.8. The minimum Gasteiger partial charge on any atom is -0.497 e. The molecule has 1 heterocycles. The van der Waals surface area contributed by atoms with Crippen LogP contribution >= 0.6 is 0 Å². The number of methoxy groups -OCH3 is 1. The van der Waals surface area contributed by atoms with Crippen molar-refractivity contribution in [1.82, 2.24) is 4.98 Å². The van der Waals surface area contributed by atoms with Gasteiger partial charge in [-0.15, -0.1) is 0 Å². The summed E-state index contributed by atoms with van der Waals surface area (Å²) in [4.78, 5) is 29.1. The Morgan fingerprint density at radius 2 is 1.79 bits per heavy atom. The minimum absolute atomic E-state index is 0.162. The number of amides is 2. The zero-order valence-corrected chi connectivity index (χ0v) is 15.8. The Balaban J connectivity index is 1.70. The van der Waals surface area contributed by atoms with E-state index in [1.54, 1.807) is 31.4 Å². The molecule has 0 bridgehead atoms. The van der Waals surface area contributed by atoms with Gasteiger partial charge in [0.1, 0.15) is 5.75 Å². The molecule has 28 heavy (non-hydrogen) atoms. The lowest BCUT2D eigenvalue weighted by Crippen LogP contribution is -2.14. The van der Waals surface area contributed by atoms with Crippen molar-refractivity contribution in [3.05, 3.63) is 59.8 Å². The largest absolute Gasteiger partial charge is 0.497 e. The summed E-state index contributed by atoms with van der Waals surface area (Å²) in [6.07, 6.45) is 2.21. The first-order valence-corrected chi connectivity index (χ1v) is 9.21. The number of ether oxygens (including phenoxy) is 1. The third kappa shape index (κ3) is 3.81. The Labute approximate surface area is 162 Å². The molecule has 0 unspecified atom stereocenters. The molecular formula is C22H21N3O3. The quantitative estimate of drug-likeness (QED) is 0.695. The summed E-state index contributed by atoms with van der Waals surface area (Å²) >= 11 is 0. The van der Waals surface area contributed by atoms with E-state index in [2.05, 4.69) is 10.6 Å². The predicted molar refractivity (Wildman–Crippen MR) is 109 cm³/mol. The van der Waals surface area contributed by atoms with Gasteiger partial charge in [-0.3, -0.25) is 14.6 Å². The number of pyridine rings is 1. The lowest BCUT2D eigenvalue weighted by atomic mass is 10.0. The standard InChI is InChI=1S/C22H21N3O3/c1-13(26)23-15-4-3-5-16(10-15)24-22(27)19-12-21(14-6-7-14)25-20-9-8-17(28-2)11-18(19)20/h3-5,8-12,14H,6-7H2,1-2H3,(H,23,26)(H,24,27). The van der Waals surface area contributed by atoms with Crippen molar-refractivity contribution in [2.24, 2.45) is 0 Å². The monoisotopic (exact) mass is 375 g/mol. The number of benzene rings is 2. The molecular weight excluding hydrogens is 354 g/mol. The number of nitrogens with one attached hydrogen (secondary N) is 2. The van der Waals surface area contributed by atoms with Crippen molar-refractivity contribution in [3.8, 4) is 5.75 Å². The smallest absolute Gasteiger partial charge is 0.256 e. The molecule has 1 fully saturated rings. The molecule has 0 atom stereocenters. The number of carbonyl (C=O) groups excluding carboxylic acids is 2. The summed E-state index contributed by atoms with van der Waals surface area (Å²) in [6.45, 7) is 1.45. The molecule has 3 aromatic rings. The first-order valence-electron chi connectivity index (χ1n) is 9.21. The zero-order chi connectivity index (χ0) is 19.7. The van der Waals surface area contributed by atoms with Crippen LogP contribution < -0.4 is 15.4 Å². The minimum atomic E-state index is -0.220. The summed E-state index contributed by atoms with van der Waals surface area (Å²) in [5, 5.41) is 6.40. The van der Waals surface area contributed by atoms with E-state index in [0.29, 0.717) is 28.6 Å². The Bertz CT molecular complexity index is 1070. The van der Waals surface area contributed by atoms with Gasteiger partial charge in [0, 0.05) is 35.3 Å². The van der Waals surface area contributed by atoms with Gasteiger partial charge in [0.15, 0.2) is 0 Å². The van der Waals surface area contributed by atoms with Crippen molar-refractivity contribution in [1.29, 1.82) is 0 Å². The molecule has 1 aliphatic carbocycles. The van der Waals surface area contributed by atoms with Crippen LogP contribution in [0.5, 0.6) is 5.75 Å². The number of fused-ring (bicyclic) bond motifs is 1. The van der Waals surface area contributed by atoms with E-state index in [1.165, 1.54) is 6.92 Å². The van der Waals surface area contributed by atoms with Crippen LogP contribution in [0.4, 0.5) is 11.4 Å². The van der Waals surface area contributed by atoms with Gasteiger partial charge in [-0.05, 0) is 55.3 Å².